The molecule has 1 aliphatic rings. The molecule has 0 spiro atoms. The summed E-state index contributed by atoms with van der Waals surface area (Å²) in [5, 5.41) is 8.29. The van der Waals surface area contributed by atoms with E-state index < -0.39 is 6.03 Å². The summed E-state index contributed by atoms with van der Waals surface area (Å²) >= 11 is 5.35. The molecule has 0 unspecified atom stereocenters. The Bertz CT molecular complexity index is 864. The van der Waals surface area contributed by atoms with Gasteiger partial charge in [0.25, 0.3) is 0 Å². The molecule has 0 atom stereocenters. The van der Waals surface area contributed by atoms with Crippen molar-refractivity contribution >= 4 is 40.4 Å². The van der Waals surface area contributed by atoms with Crippen LogP contribution in [0.5, 0.6) is 11.5 Å². The van der Waals surface area contributed by atoms with Gasteiger partial charge in [0.05, 0.1) is 25.6 Å². The fraction of sp³-hybridized carbons (Fsp3) is 0.167. The Morgan fingerprint density at radius 2 is 1.68 bits per heavy atom. The van der Waals surface area contributed by atoms with Gasteiger partial charge in [-0.05, 0) is 31.2 Å². The third-order valence-corrected chi connectivity index (χ3v) is 4.31. The molecule has 1 aliphatic heterocycles. The summed E-state index contributed by atoms with van der Waals surface area (Å²) < 4.78 is 10.6. The molecule has 7 heteroatoms. The second-order valence-corrected chi connectivity index (χ2v) is 5.87. The van der Waals surface area contributed by atoms with Crippen molar-refractivity contribution in [3.8, 4) is 11.5 Å². The van der Waals surface area contributed by atoms with Crippen molar-refractivity contribution < 1.29 is 14.3 Å². The summed E-state index contributed by atoms with van der Waals surface area (Å²) in [6.45, 7) is 1.96. The Kier molecular flexibility index (Phi) is 4.41. The molecule has 2 aromatic rings. The van der Waals surface area contributed by atoms with E-state index in [4.69, 9.17) is 27.1 Å². The standard InChI is InChI=1S/C18H17N3O3S/c1-11-4-6-12(7-5-11)20-16(19)17(25)21(18(20)22)14-10-13(23-2)8-9-15(14)24-3/h4-10,19H,1-3H3. The topological polar surface area (TPSA) is 65.9 Å². The van der Waals surface area contributed by atoms with Crippen molar-refractivity contribution in [3.05, 3.63) is 48.0 Å². The Morgan fingerprint density at radius 3 is 2.28 bits per heavy atom. The van der Waals surface area contributed by atoms with Crippen molar-refractivity contribution in [3.63, 3.8) is 0 Å². The molecule has 0 aromatic heterocycles. The normalized spacial score (nSPS) is 14.3. The summed E-state index contributed by atoms with van der Waals surface area (Å²) in [6.07, 6.45) is 0. The lowest BCUT2D eigenvalue weighted by molar-refractivity contribution is 0.257. The predicted octanol–water partition coefficient (Wildman–Crippen LogP) is 3.76. The Morgan fingerprint density at radius 1 is 1.00 bits per heavy atom. The van der Waals surface area contributed by atoms with Gasteiger partial charge in [-0.2, -0.15) is 0 Å². The second kappa shape index (κ2) is 6.52. The molecule has 1 N–H and O–H groups in total. The van der Waals surface area contributed by atoms with Crippen LogP contribution < -0.4 is 19.3 Å². The van der Waals surface area contributed by atoms with Crippen molar-refractivity contribution in [1.29, 1.82) is 5.41 Å². The van der Waals surface area contributed by atoms with E-state index in [1.54, 1.807) is 30.3 Å². The summed E-state index contributed by atoms with van der Waals surface area (Å²) in [6, 6.07) is 12.0. The minimum atomic E-state index is -0.426. The number of amidine groups is 1. The molecule has 0 saturated carbocycles. The first-order valence-corrected chi connectivity index (χ1v) is 7.94. The highest BCUT2D eigenvalue weighted by Gasteiger charge is 2.41. The quantitative estimate of drug-likeness (QED) is 0.848. The zero-order chi connectivity index (χ0) is 18.1. The van der Waals surface area contributed by atoms with Crippen LogP contribution in [0.2, 0.25) is 0 Å². The largest absolute Gasteiger partial charge is 0.497 e. The molecular formula is C18H17N3O3S. The van der Waals surface area contributed by atoms with E-state index in [1.807, 2.05) is 19.1 Å². The van der Waals surface area contributed by atoms with Gasteiger partial charge in [-0.25, -0.2) is 14.6 Å². The smallest absolute Gasteiger partial charge is 0.340 e. The highest BCUT2D eigenvalue weighted by atomic mass is 32.1. The number of carbonyl (C=O) groups excluding carboxylic acids is 1. The van der Waals surface area contributed by atoms with Crippen molar-refractivity contribution in [2.45, 2.75) is 6.92 Å². The van der Waals surface area contributed by atoms with Crippen LogP contribution in [0, 0.1) is 12.3 Å². The molecule has 0 radical (unpaired) electrons. The van der Waals surface area contributed by atoms with Gasteiger partial charge in [-0.1, -0.05) is 29.9 Å². The van der Waals surface area contributed by atoms with Gasteiger partial charge in [-0.15, -0.1) is 0 Å². The lowest BCUT2D eigenvalue weighted by Gasteiger charge is -2.20. The maximum Gasteiger partial charge on any atom is 0.340 e. The van der Waals surface area contributed by atoms with Crippen LogP contribution in [0.15, 0.2) is 42.5 Å². The number of hydrogen-bond acceptors (Lipinski definition) is 5. The number of methoxy groups -OCH3 is 2. The average molecular weight is 355 g/mol. The molecule has 25 heavy (non-hydrogen) atoms. The molecule has 0 aliphatic carbocycles. The van der Waals surface area contributed by atoms with Crippen LogP contribution in [-0.4, -0.2) is 31.1 Å². The van der Waals surface area contributed by atoms with Crippen LogP contribution in [0.1, 0.15) is 5.56 Å². The molecule has 6 nitrogen and oxygen atoms in total. The molecule has 1 saturated heterocycles. The van der Waals surface area contributed by atoms with E-state index in [2.05, 4.69) is 0 Å². The summed E-state index contributed by atoms with van der Waals surface area (Å²) in [4.78, 5) is 15.7. The molecule has 2 amide bonds. The third kappa shape index (κ3) is 2.83. The average Bonchev–Trinajstić information content (AvgIpc) is 2.84. The van der Waals surface area contributed by atoms with Gasteiger partial charge in [0, 0.05) is 6.07 Å². The Balaban J connectivity index is 2.07. The number of amides is 2. The van der Waals surface area contributed by atoms with Gasteiger partial charge in [0.2, 0.25) is 0 Å². The molecule has 0 bridgehead atoms. The third-order valence-electron chi connectivity index (χ3n) is 3.93. The van der Waals surface area contributed by atoms with Crippen molar-refractivity contribution in [2.24, 2.45) is 0 Å². The van der Waals surface area contributed by atoms with Gasteiger partial charge < -0.3 is 9.47 Å². The number of rotatable bonds is 4. The van der Waals surface area contributed by atoms with E-state index in [9.17, 15) is 4.79 Å². The minimum absolute atomic E-state index is 0.0475. The first kappa shape index (κ1) is 16.9. The maximum absolute atomic E-state index is 13.0. The number of benzene rings is 2. The van der Waals surface area contributed by atoms with E-state index in [0.29, 0.717) is 22.9 Å². The highest BCUT2D eigenvalue weighted by Crippen LogP contribution is 2.36. The number of nitrogens with one attached hydrogen (secondary N) is 1. The van der Waals surface area contributed by atoms with E-state index in [-0.39, 0.29) is 10.8 Å². The number of ether oxygens (including phenoxy) is 2. The fourth-order valence-electron chi connectivity index (χ4n) is 2.60. The highest BCUT2D eigenvalue weighted by molar-refractivity contribution is 7.82. The van der Waals surface area contributed by atoms with Gasteiger partial charge in [0.1, 0.15) is 11.5 Å². The van der Waals surface area contributed by atoms with Crippen molar-refractivity contribution in [1.82, 2.24) is 0 Å². The summed E-state index contributed by atoms with van der Waals surface area (Å²) in [5.74, 6) is 0.982. The maximum atomic E-state index is 13.0. The number of anilines is 2. The lowest BCUT2D eigenvalue weighted by Crippen LogP contribution is -2.33. The van der Waals surface area contributed by atoms with Crippen LogP contribution in [0.4, 0.5) is 16.2 Å². The molecule has 1 fully saturated rings. The van der Waals surface area contributed by atoms with Gasteiger partial charge >= 0.3 is 6.03 Å². The van der Waals surface area contributed by atoms with Crippen LogP contribution in [0.3, 0.4) is 0 Å². The van der Waals surface area contributed by atoms with Crippen molar-refractivity contribution in [2.75, 3.05) is 24.0 Å². The molecule has 3 rings (SSSR count). The van der Waals surface area contributed by atoms with E-state index in [0.717, 1.165) is 5.56 Å². The first-order chi connectivity index (χ1) is 12.0. The van der Waals surface area contributed by atoms with Crippen LogP contribution in [-0.2, 0) is 0 Å². The number of thiocarbonyl (C=S) groups is 1. The lowest BCUT2D eigenvalue weighted by atomic mass is 10.2. The number of urea groups is 1. The summed E-state index contributed by atoms with van der Waals surface area (Å²) in [7, 11) is 3.05. The van der Waals surface area contributed by atoms with E-state index in [1.165, 1.54) is 24.0 Å². The predicted molar refractivity (Wildman–Crippen MR) is 101 cm³/mol. The minimum Gasteiger partial charge on any atom is -0.497 e. The molecule has 128 valence electrons. The monoisotopic (exact) mass is 355 g/mol. The SMILES string of the molecule is COc1ccc(OC)c(N2C(=O)N(c3ccc(C)cc3)C(=N)C2=S)c1. The molecular weight excluding hydrogens is 338 g/mol. The molecule has 2 aromatic carbocycles. The second-order valence-electron chi connectivity index (χ2n) is 5.48. The van der Waals surface area contributed by atoms with Gasteiger partial charge in [0.15, 0.2) is 10.8 Å². The van der Waals surface area contributed by atoms with Crippen LogP contribution in [0.25, 0.3) is 0 Å². The van der Waals surface area contributed by atoms with Gasteiger partial charge in [-0.3, -0.25) is 5.41 Å². The number of carbonyl (C=O) groups is 1. The number of nitrogens with zero attached hydrogens (tertiary/aromatic N) is 2. The first-order valence-electron chi connectivity index (χ1n) is 7.53. The molecule has 1 heterocycles. The number of hydrogen-bond donors (Lipinski definition) is 1. The van der Waals surface area contributed by atoms with E-state index >= 15 is 0 Å². The fourth-order valence-corrected chi connectivity index (χ4v) is 2.87. The van der Waals surface area contributed by atoms with Crippen LogP contribution >= 0.6 is 12.2 Å². The number of aryl methyl sites for hydroxylation is 1. The zero-order valence-corrected chi connectivity index (χ0v) is 14.9. The zero-order valence-electron chi connectivity index (χ0n) is 14.1. The summed E-state index contributed by atoms with van der Waals surface area (Å²) in [5.41, 5.74) is 2.10. The Hall–Kier alpha value is -2.93. The Labute approximate surface area is 151 Å².